The number of carbonyl (C=O) groups excluding carboxylic acids is 1. The Hall–Kier alpha value is -2.00. The summed E-state index contributed by atoms with van der Waals surface area (Å²) in [5.74, 6) is 0.0516. The second-order valence-corrected chi connectivity index (χ2v) is 6.21. The lowest BCUT2D eigenvalue weighted by atomic mass is 9.94. The maximum atomic E-state index is 13.0. The molecule has 1 amide bonds. The van der Waals surface area contributed by atoms with Crippen LogP contribution in [0.3, 0.4) is 0 Å². The molecule has 2 N–H and O–H groups in total. The van der Waals surface area contributed by atoms with Gasteiger partial charge in [-0.1, -0.05) is 12.1 Å². The van der Waals surface area contributed by atoms with E-state index in [1.165, 1.54) is 16.7 Å². The number of carbonyl (C=O) groups is 1. The number of fused-ring (bicyclic) bond motifs is 1. The maximum Gasteiger partial charge on any atom is 0.258 e. The van der Waals surface area contributed by atoms with Gasteiger partial charge < -0.3 is 10.6 Å². The lowest BCUT2D eigenvalue weighted by Gasteiger charge is -2.31. The number of nitrogen functional groups attached to an aromatic ring is 1. The highest BCUT2D eigenvalue weighted by atomic mass is 35.5. The van der Waals surface area contributed by atoms with Crippen molar-refractivity contribution in [3.8, 4) is 0 Å². The Morgan fingerprint density at radius 1 is 1.09 bits per heavy atom. The van der Waals surface area contributed by atoms with E-state index in [1.54, 1.807) is 6.07 Å². The van der Waals surface area contributed by atoms with Crippen LogP contribution in [0.1, 0.15) is 39.0 Å². The van der Waals surface area contributed by atoms with Crippen molar-refractivity contribution in [2.75, 3.05) is 17.2 Å². The molecular formula is C19H23ClN2O. The van der Waals surface area contributed by atoms with Crippen molar-refractivity contribution in [2.24, 2.45) is 0 Å². The van der Waals surface area contributed by atoms with E-state index in [9.17, 15) is 4.79 Å². The van der Waals surface area contributed by atoms with Gasteiger partial charge >= 0.3 is 0 Å². The first-order valence-corrected chi connectivity index (χ1v) is 7.75. The predicted octanol–water partition coefficient (Wildman–Crippen LogP) is 4.21. The highest BCUT2D eigenvalue weighted by Gasteiger charge is 2.25. The summed E-state index contributed by atoms with van der Waals surface area (Å²) in [5, 5.41) is 0. The van der Waals surface area contributed by atoms with Gasteiger partial charge in [-0.3, -0.25) is 4.79 Å². The minimum atomic E-state index is 0. The first kappa shape index (κ1) is 17.4. The number of benzene rings is 2. The second-order valence-electron chi connectivity index (χ2n) is 6.21. The minimum absolute atomic E-state index is 0. The van der Waals surface area contributed by atoms with Gasteiger partial charge in [-0.15, -0.1) is 12.4 Å². The Labute approximate surface area is 143 Å². The SMILES string of the molecule is Cc1cc(C)c2c(c1)N(C(=O)c1cc(N)ccc1C)CCC2.Cl. The standard InChI is InChI=1S/C19H22N2O.ClH/c1-12-9-14(3)16-5-4-8-21(18(16)10-12)19(22)17-11-15(20)7-6-13(17)2;/h6-7,9-11H,4-5,8,20H2,1-3H3;1H. The van der Waals surface area contributed by atoms with Gasteiger partial charge in [0.2, 0.25) is 0 Å². The van der Waals surface area contributed by atoms with Crippen LogP contribution in [0, 0.1) is 20.8 Å². The summed E-state index contributed by atoms with van der Waals surface area (Å²) < 4.78 is 0. The highest BCUT2D eigenvalue weighted by Crippen LogP contribution is 2.32. The average molecular weight is 331 g/mol. The molecule has 0 saturated carbocycles. The lowest BCUT2D eigenvalue weighted by Crippen LogP contribution is -2.36. The molecule has 2 aromatic carbocycles. The summed E-state index contributed by atoms with van der Waals surface area (Å²) in [4.78, 5) is 14.9. The van der Waals surface area contributed by atoms with Crippen molar-refractivity contribution in [1.82, 2.24) is 0 Å². The normalized spacial score (nSPS) is 13.3. The zero-order valence-corrected chi connectivity index (χ0v) is 14.7. The van der Waals surface area contributed by atoms with Crippen LogP contribution in [0.5, 0.6) is 0 Å². The van der Waals surface area contributed by atoms with E-state index in [0.29, 0.717) is 11.3 Å². The van der Waals surface area contributed by atoms with E-state index in [0.717, 1.165) is 30.6 Å². The molecule has 0 saturated heterocycles. The molecule has 0 unspecified atom stereocenters. The van der Waals surface area contributed by atoms with Gasteiger partial charge in [0, 0.05) is 23.5 Å². The molecule has 0 aromatic heterocycles. The summed E-state index contributed by atoms with van der Waals surface area (Å²) >= 11 is 0. The fourth-order valence-electron chi connectivity index (χ4n) is 3.30. The van der Waals surface area contributed by atoms with Crippen molar-refractivity contribution in [3.05, 3.63) is 58.1 Å². The molecule has 3 rings (SSSR count). The third kappa shape index (κ3) is 3.20. The Balaban J connectivity index is 0.00000192. The Morgan fingerprint density at radius 3 is 2.57 bits per heavy atom. The lowest BCUT2D eigenvalue weighted by molar-refractivity contribution is 0.0984. The van der Waals surface area contributed by atoms with Crippen LogP contribution < -0.4 is 10.6 Å². The molecule has 0 spiro atoms. The van der Waals surface area contributed by atoms with Crippen LogP contribution >= 0.6 is 12.4 Å². The number of halogens is 1. The van der Waals surface area contributed by atoms with Crippen molar-refractivity contribution >= 4 is 29.7 Å². The third-order valence-electron chi connectivity index (χ3n) is 4.43. The molecule has 0 radical (unpaired) electrons. The van der Waals surface area contributed by atoms with Gasteiger partial charge in [0.25, 0.3) is 5.91 Å². The van der Waals surface area contributed by atoms with Gasteiger partial charge in [0.1, 0.15) is 0 Å². The molecule has 0 bridgehead atoms. The van der Waals surface area contributed by atoms with Crippen molar-refractivity contribution in [1.29, 1.82) is 0 Å². The van der Waals surface area contributed by atoms with E-state index in [2.05, 4.69) is 26.0 Å². The maximum absolute atomic E-state index is 13.0. The topological polar surface area (TPSA) is 46.3 Å². The number of hydrogen-bond acceptors (Lipinski definition) is 2. The molecule has 122 valence electrons. The first-order chi connectivity index (χ1) is 10.5. The molecule has 0 aliphatic carbocycles. The number of amides is 1. The van der Waals surface area contributed by atoms with Crippen LogP contribution in [-0.2, 0) is 6.42 Å². The molecular weight excluding hydrogens is 308 g/mol. The van der Waals surface area contributed by atoms with Crippen molar-refractivity contribution < 1.29 is 4.79 Å². The van der Waals surface area contributed by atoms with E-state index in [-0.39, 0.29) is 18.3 Å². The van der Waals surface area contributed by atoms with Crippen LogP contribution in [-0.4, -0.2) is 12.5 Å². The number of anilines is 2. The predicted molar refractivity (Wildman–Crippen MR) is 98.8 cm³/mol. The van der Waals surface area contributed by atoms with Gasteiger partial charge in [0.05, 0.1) is 0 Å². The monoisotopic (exact) mass is 330 g/mol. The highest BCUT2D eigenvalue weighted by molar-refractivity contribution is 6.08. The number of nitrogens with zero attached hydrogens (tertiary/aromatic N) is 1. The molecule has 4 heteroatoms. The molecule has 1 aliphatic heterocycles. The fourth-order valence-corrected chi connectivity index (χ4v) is 3.30. The molecule has 0 fully saturated rings. The van der Waals surface area contributed by atoms with E-state index in [1.807, 2.05) is 24.0 Å². The zero-order valence-electron chi connectivity index (χ0n) is 13.8. The Morgan fingerprint density at radius 2 is 1.83 bits per heavy atom. The summed E-state index contributed by atoms with van der Waals surface area (Å²) in [6.07, 6.45) is 2.05. The summed E-state index contributed by atoms with van der Waals surface area (Å²) in [7, 11) is 0. The minimum Gasteiger partial charge on any atom is -0.399 e. The van der Waals surface area contributed by atoms with Gasteiger partial charge in [0.15, 0.2) is 0 Å². The Bertz CT molecular complexity index is 755. The first-order valence-electron chi connectivity index (χ1n) is 7.75. The second kappa shape index (κ2) is 6.63. The van der Waals surface area contributed by atoms with E-state index >= 15 is 0 Å². The van der Waals surface area contributed by atoms with Gasteiger partial charge in [-0.05, 0) is 74.1 Å². The van der Waals surface area contributed by atoms with Crippen LogP contribution in [0.2, 0.25) is 0 Å². The molecule has 0 atom stereocenters. The number of nitrogens with two attached hydrogens (primary N) is 1. The van der Waals surface area contributed by atoms with Gasteiger partial charge in [-0.2, -0.15) is 0 Å². The number of aryl methyl sites for hydroxylation is 3. The molecule has 2 aromatic rings. The number of hydrogen-bond donors (Lipinski definition) is 1. The van der Waals surface area contributed by atoms with Crippen molar-refractivity contribution in [3.63, 3.8) is 0 Å². The zero-order chi connectivity index (χ0) is 15.9. The van der Waals surface area contributed by atoms with Crippen LogP contribution in [0.4, 0.5) is 11.4 Å². The Kier molecular flexibility index (Phi) is 5.00. The smallest absolute Gasteiger partial charge is 0.258 e. The third-order valence-corrected chi connectivity index (χ3v) is 4.43. The molecule has 23 heavy (non-hydrogen) atoms. The quantitative estimate of drug-likeness (QED) is 0.796. The average Bonchev–Trinajstić information content (AvgIpc) is 2.48. The summed E-state index contributed by atoms with van der Waals surface area (Å²) in [6.45, 7) is 6.93. The fraction of sp³-hybridized carbons (Fsp3) is 0.316. The molecule has 1 heterocycles. The summed E-state index contributed by atoms with van der Waals surface area (Å²) in [5.41, 5.74) is 13.0. The van der Waals surface area contributed by atoms with Crippen molar-refractivity contribution in [2.45, 2.75) is 33.6 Å². The molecule has 3 nitrogen and oxygen atoms in total. The van der Waals surface area contributed by atoms with E-state index in [4.69, 9.17) is 5.73 Å². The summed E-state index contributed by atoms with van der Waals surface area (Å²) in [6, 6.07) is 9.85. The largest absolute Gasteiger partial charge is 0.399 e. The van der Waals surface area contributed by atoms with Crippen LogP contribution in [0.25, 0.3) is 0 Å². The van der Waals surface area contributed by atoms with Gasteiger partial charge in [-0.25, -0.2) is 0 Å². The van der Waals surface area contributed by atoms with Crippen LogP contribution in [0.15, 0.2) is 30.3 Å². The molecule has 1 aliphatic rings. The number of rotatable bonds is 1. The van der Waals surface area contributed by atoms with E-state index < -0.39 is 0 Å².